The second-order valence-electron chi connectivity index (χ2n) is 4.51. The number of nitrogens with zero attached hydrogens (tertiary/aromatic N) is 1. The highest BCUT2D eigenvalue weighted by Gasteiger charge is 2.27. The number of hydrogen-bond donors (Lipinski definition) is 2. The van der Waals surface area contributed by atoms with E-state index in [1.54, 1.807) is 13.8 Å². The van der Waals surface area contributed by atoms with E-state index >= 15 is 0 Å². The second-order valence-corrected chi connectivity index (χ2v) is 4.51. The van der Waals surface area contributed by atoms with Crippen molar-refractivity contribution < 1.29 is 24.2 Å². The molecule has 2 N–H and O–H groups in total. The minimum Gasteiger partial charge on any atom is -0.480 e. The van der Waals surface area contributed by atoms with Gasteiger partial charge < -0.3 is 20.1 Å². The number of carboxylic acid groups (broad SMARTS) is 1. The molecule has 0 aliphatic rings. The topological polar surface area (TPSA) is 95.9 Å². The normalized spacial score (nSPS) is 11.8. The maximum Gasteiger partial charge on any atom is 0.328 e. The summed E-state index contributed by atoms with van der Waals surface area (Å²) in [4.78, 5) is 35.3. The van der Waals surface area contributed by atoms with E-state index in [0.29, 0.717) is 13.0 Å². The van der Waals surface area contributed by atoms with E-state index in [4.69, 9.17) is 5.11 Å². The zero-order valence-corrected chi connectivity index (χ0v) is 11.8. The summed E-state index contributed by atoms with van der Waals surface area (Å²) in [7, 11) is 1.24. The molecule has 2 amide bonds. The van der Waals surface area contributed by atoms with Gasteiger partial charge in [-0.05, 0) is 12.3 Å². The van der Waals surface area contributed by atoms with Crippen molar-refractivity contribution in [2.75, 3.05) is 20.2 Å². The largest absolute Gasteiger partial charge is 0.480 e. The van der Waals surface area contributed by atoms with Crippen molar-refractivity contribution in [3.63, 3.8) is 0 Å². The number of hydrogen-bond acceptors (Lipinski definition) is 4. The smallest absolute Gasteiger partial charge is 0.328 e. The molecule has 0 aromatic rings. The number of amides is 2. The molecule has 0 aromatic carbocycles. The van der Waals surface area contributed by atoms with E-state index in [0.717, 1.165) is 4.90 Å². The molecule has 0 spiro atoms. The molecule has 0 radical (unpaired) electrons. The van der Waals surface area contributed by atoms with Crippen LogP contribution in [0.4, 0.5) is 4.79 Å². The van der Waals surface area contributed by atoms with Gasteiger partial charge in [-0.25, -0.2) is 9.59 Å². The number of nitrogens with one attached hydrogen (secondary N) is 1. The average Bonchev–Trinajstić information content (AvgIpc) is 2.33. The van der Waals surface area contributed by atoms with Gasteiger partial charge in [-0.15, -0.1) is 0 Å². The molecule has 7 nitrogen and oxygen atoms in total. The number of carbonyl (C=O) groups excluding carboxylic acids is 2. The predicted molar refractivity (Wildman–Crippen MR) is 68.7 cm³/mol. The van der Waals surface area contributed by atoms with Crippen molar-refractivity contribution in [2.45, 2.75) is 33.2 Å². The molecule has 1 atom stereocenters. The summed E-state index contributed by atoms with van der Waals surface area (Å²) < 4.78 is 4.61. The molecule has 0 fully saturated rings. The Morgan fingerprint density at radius 1 is 1.32 bits per heavy atom. The Morgan fingerprint density at radius 2 is 1.89 bits per heavy atom. The minimum atomic E-state index is -1.09. The summed E-state index contributed by atoms with van der Waals surface area (Å²) in [6.45, 7) is 5.28. The van der Waals surface area contributed by atoms with Crippen LogP contribution in [0.25, 0.3) is 0 Å². The molecular weight excluding hydrogens is 252 g/mol. The molecule has 0 saturated carbocycles. The van der Waals surface area contributed by atoms with Crippen molar-refractivity contribution in [2.24, 2.45) is 5.92 Å². The summed E-state index contributed by atoms with van der Waals surface area (Å²) in [5.41, 5.74) is 0. The van der Waals surface area contributed by atoms with Crippen LogP contribution in [-0.2, 0) is 14.3 Å². The van der Waals surface area contributed by atoms with Gasteiger partial charge in [-0.3, -0.25) is 4.79 Å². The zero-order chi connectivity index (χ0) is 15.0. The second kappa shape index (κ2) is 8.34. The Kier molecular flexibility index (Phi) is 7.55. The Labute approximate surface area is 112 Å². The first-order valence-corrected chi connectivity index (χ1v) is 6.18. The molecule has 0 aliphatic carbocycles. The first kappa shape index (κ1) is 17.2. The van der Waals surface area contributed by atoms with Gasteiger partial charge in [-0.1, -0.05) is 20.8 Å². The van der Waals surface area contributed by atoms with Crippen molar-refractivity contribution >= 4 is 18.0 Å². The van der Waals surface area contributed by atoms with E-state index < -0.39 is 30.6 Å². The van der Waals surface area contributed by atoms with E-state index in [1.807, 2.05) is 6.92 Å². The predicted octanol–water partition coefficient (Wildman–Crippen LogP) is 0.690. The summed E-state index contributed by atoms with van der Waals surface area (Å²) in [6.07, 6.45) is 0.630. The average molecular weight is 274 g/mol. The number of urea groups is 1. The molecular formula is C12H22N2O5. The van der Waals surface area contributed by atoms with Crippen molar-refractivity contribution in [3.05, 3.63) is 0 Å². The lowest BCUT2D eigenvalue weighted by atomic mass is 10.1. The molecule has 0 bridgehead atoms. The quantitative estimate of drug-likeness (QED) is 0.666. The van der Waals surface area contributed by atoms with Crippen LogP contribution in [0.2, 0.25) is 0 Å². The van der Waals surface area contributed by atoms with Crippen LogP contribution < -0.4 is 5.32 Å². The van der Waals surface area contributed by atoms with Crippen LogP contribution in [-0.4, -0.2) is 54.2 Å². The number of ether oxygens (including phenoxy) is 1. The summed E-state index contributed by atoms with van der Waals surface area (Å²) in [5, 5.41) is 11.3. The highest BCUT2D eigenvalue weighted by Crippen LogP contribution is 2.05. The van der Waals surface area contributed by atoms with Gasteiger partial charge >= 0.3 is 18.0 Å². The SMILES string of the molecule is CCCN(CC(=O)O)C(=O)NC(C(=O)OC)C(C)C. The van der Waals surface area contributed by atoms with E-state index in [1.165, 1.54) is 7.11 Å². The minimum absolute atomic E-state index is 0.148. The third kappa shape index (κ3) is 6.08. The molecule has 1 unspecified atom stereocenters. The van der Waals surface area contributed by atoms with Gasteiger partial charge in [0.15, 0.2) is 0 Å². The first-order valence-electron chi connectivity index (χ1n) is 6.18. The molecule has 0 aliphatic heterocycles. The Balaban J connectivity index is 4.74. The standard InChI is InChI=1S/C12H22N2O5/c1-5-6-14(7-9(15)16)12(18)13-10(8(2)3)11(17)19-4/h8,10H,5-7H2,1-4H3,(H,13,18)(H,15,16). The van der Waals surface area contributed by atoms with Gasteiger partial charge in [-0.2, -0.15) is 0 Å². The maximum atomic E-state index is 11.9. The monoisotopic (exact) mass is 274 g/mol. The van der Waals surface area contributed by atoms with Crippen molar-refractivity contribution in [1.82, 2.24) is 10.2 Å². The van der Waals surface area contributed by atoms with Crippen LogP contribution in [0.15, 0.2) is 0 Å². The molecule has 0 saturated heterocycles. The number of rotatable bonds is 7. The van der Waals surface area contributed by atoms with E-state index in [2.05, 4.69) is 10.1 Å². The highest BCUT2D eigenvalue weighted by atomic mass is 16.5. The lowest BCUT2D eigenvalue weighted by Gasteiger charge is -2.25. The third-order valence-electron chi connectivity index (χ3n) is 2.51. The van der Waals surface area contributed by atoms with E-state index in [-0.39, 0.29) is 5.92 Å². The number of esters is 1. The fourth-order valence-electron chi connectivity index (χ4n) is 1.53. The van der Waals surface area contributed by atoms with Crippen LogP contribution >= 0.6 is 0 Å². The number of carbonyl (C=O) groups is 3. The Morgan fingerprint density at radius 3 is 2.26 bits per heavy atom. The lowest BCUT2D eigenvalue weighted by molar-refractivity contribution is -0.144. The van der Waals surface area contributed by atoms with Crippen LogP contribution in [0.3, 0.4) is 0 Å². The third-order valence-corrected chi connectivity index (χ3v) is 2.51. The fraction of sp³-hybridized carbons (Fsp3) is 0.750. The first-order chi connectivity index (χ1) is 8.83. The summed E-state index contributed by atoms with van der Waals surface area (Å²) in [5.74, 6) is -1.79. The summed E-state index contributed by atoms with van der Waals surface area (Å²) in [6, 6.07) is -1.36. The highest BCUT2D eigenvalue weighted by molar-refractivity contribution is 5.85. The molecule has 0 aromatic heterocycles. The van der Waals surface area contributed by atoms with Gasteiger partial charge in [0, 0.05) is 6.54 Å². The van der Waals surface area contributed by atoms with Crippen molar-refractivity contribution in [1.29, 1.82) is 0 Å². The fourth-order valence-corrected chi connectivity index (χ4v) is 1.53. The summed E-state index contributed by atoms with van der Waals surface area (Å²) >= 11 is 0. The molecule has 0 heterocycles. The van der Waals surface area contributed by atoms with Crippen LogP contribution in [0.1, 0.15) is 27.2 Å². The molecule has 19 heavy (non-hydrogen) atoms. The van der Waals surface area contributed by atoms with Gasteiger partial charge in [0.1, 0.15) is 12.6 Å². The van der Waals surface area contributed by atoms with Gasteiger partial charge in [0.25, 0.3) is 0 Å². The maximum absolute atomic E-state index is 11.9. The van der Waals surface area contributed by atoms with Crippen molar-refractivity contribution in [3.8, 4) is 0 Å². The Bertz CT molecular complexity index is 330. The molecule has 7 heteroatoms. The number of aliphatic carboxylic acids is 1. The number of methoxy groups -OCH3 is 1. The van der Waals surface area contributed by atoms with E-state index in [9.17, 15) is 14.4 Å². The van der Waals surface area contributed by atoms with Gasteiger partial charge in [0.2, 0.25) is 0 Å². The van der Waals surface area contributed by atoms with Crippen LogP contribution in [0, 0.1) is 5.92 Å². The zero-order valence-electron chi connectivity index (χ0n) is 11.8. The molecule has 110 valence electrons. The van der Waals surface area contributed by atoms with Crippen LogP contribution in [0.5, 0.6) is 0 Å². The van der Waals surface area contributed by atoms with Gasteiger partial charge in [0.05, 0.1) is 7.11 Å². The Hall–Kier alpha value is -1.79. The lowest BCUT2D eigenvalue weighted by Crippen LogP contribution is -2.51. The number of carboxylic acids is 1. The molecule has 0 rings (SSSR count).